The Kier molecular flexibility index (Phi) is 5.00. The van der Waals surface area contributed by atoms with Crippen molar-refractivity contribution >= 4 is 21.8 Å². The summed E-state index contributed by atoms with van der Waals surface area (Å²) in [7, 11) is 3.62. The van der Waals surface area contributed by atoms with E-state index in [4.69, 9.17) is 15.1 Å². The van der Waals surface area contributed by atoms with Gasteiger partial charge in [0, 0.05) is 41.8 Å². The summed E-state index contributed by atoms with van der Waals surface area (Å²) in [5.41, 5.74) is 6.66. The number of methoxy groups -OCH3 is 1. The van der Waals surface area contributed by atoms with E-state index in [1.807, 2.05) is 72.8 Å². The smallest absolute Gasteiger partial charge is 0.124 e. The Labute approximate surface area is 185 Å². The number of pyridine rings is 2. The minimum atomic E-state index is 0.628. The summed E-state index contributed by atoms with van der Waals surface area (Å²) in [5.74, 6) is 0.835. The third-order valence-electron chi connectivity index (χ3n) is 5.81. The van der Waals surface area contributed by atoms with Crippen LogP contribution < -0.4 is 4.74 Å². The molecule has 6 nitrogen and oxygen atoms in total. The first-order chi connectivity index (χ1) is 15.7. The number of nitrogens with zero attached hydrogens (tertiary/aromatic N) is 5. The molecular weight excluding hydrogens is 398 g/mol. The molecule has 5 aromatic rings. The summed E-state index contributed by atoms with van der Waals surface area (Å²) in [6, 6.07) is 18.0. The number of rotatable bonds is 5. The molecule has 0 unspecified atom stereocenters. The van der Waals surface area contributed by atoms with E-state index in [0.29, 0.717) is 5.56 Å². The van der Waals surface area contributed by atoms with Crippen LogP contribution in [0.5, 0.6) is 5.75 Å². The van der Waals surface area contributed by atoms with Gasteiger partial charge in [-0.3, -0.25) is 14.6 Å². The van der Waals surface area contributed by atoms with Crippen molar-refractivity contribution in [2.45, 2.75) is 12.8 Å². The number of aryl methyl sites for hydroxylation is 3. The molecule has 0 bridgehead atoms. The molecule has 0 N–H and O–H groups in total. The topological polar surface area (TPSA) is 76.6 Å². The maximum atomic E-state index is 9.14. The van der Waals surface area contributed by atoms with Crippen molar-refractivity contribution in [2.75, 3.05) is 7.11 Å². The van der Waals surface area contributed by atoms with Crippen LogP contribution in [0.3, 0.4) is 0 Å². The van der Waals surface area contributed by atoms with Crippen LogP contribution in [0.2, 0.25) is 0 Å². The second-order valence-corrected chi connectivity index (χ2v) is 7.72. The van der Waals surface area contributed by atoms with Gasteiger partial charge in [-0.2, -0.15) is 10.4 Å². The summed E-state index contributed by atoms with van der Waals surface area (Å²) in [5, 5.41) is 16.0. The molecule has 0 aliphatic rings. The van der Waals surface area contributed by atoms with E-state index >= 15 is 0 Å². The largest absolute Gasteiger partial charge is 0.496 e. The molecular formula is C26H21N5O. The van der Waals surface area contributed by atoms with E-state index in [2.05, 4.69) is 22.1 Å². The van der Waals surface area contributed by atoms with Gasteiger partial charge in [-0.15, -0.1) is 0 Å². The zero-order valence-corrected chi connectivity index (χ0v) is 17.9. The number of benzene rings is 2. The fourth-order valence-electron chi connectivity index (χ4n) is 4.12. The van der Waals surface area contributed by atoms with Crippen molar-refractivity contribution in [3.05, 3.63) is 83.8 Å². The van der Waals surface area contributed by atoms with E-state index in [0.717, 1.165) is 57.2 Å². The highest BCUT2D eigenvalue weighted by molar-refractivity contribution is 6.11. The Morgan fingerprint density at radius 1 is 1.03 bits per heavy atom. The number of aromatic nitrogens is 4. The highest BCUT2D eigenvalue weighted by Gasteiger charge is 2.17. The van der Waals surface area contributed by atoms with E-state index in [1.165, 1.54) is 5.56 Å². The van der Waals surface area contributed by atoms with Crippen LogP contribution in [-0.4, -0.2) is 26.9 Å². The van der Waals surface area contributed by atoms with Gasteiger partial charge in [-0.05, 0) is 54.3 Å². The molecule has 0 fully saturated rings. The first kappa shape index (κ1) is 19.7. The lowest BCUT2D eigenvalue weighted by Crippen LogP contribution is -1.97. The molecule has 0 amide bonds. The van der Waals surface area contributed by atoms with Gasteiger partial charge in [0.15, 0.2) is 0 Å². The fourth-order valence-corrected chi connectivity index (χ4v) is 4.12. The minimum absolute atomic E-state index is 0.628. The molecule has 2 aromatic carbocycles. The summed E-state index contributed by atoms with van der Waals surface area (Å²) >= 11 is 0. The predicted octanol–water partition coefficient (Wildman–Crippen LogP) is 4.85. The molecule has 0 radical (unpaired) electrons. The maximum absolute atomic E-state index is 9.14. The van der Waals surface area contributed by atoms with Crippen LogP contribution in [0.4, 0.5) is 0 Å². The molecule has 0 spiro atoms. The van der Waals surface area contributed by atoms with Crippen LogP contribution in [0.15, 0.2) is 67.1 Å². The zero-order valence-electron chi connectivity index (χ0n) is 17.9. The molecule has 156 valence electrons. The molecule has 0 atom stereocenters. The van der Waals surface area contributed by atoms with E-state index < -0.39 is 0 Å². The second kappa shape index (κ2) is 8.12. The summed E-state index contributed by atoms with van der Waals surface area (Å²) in [6.45, 7) is 0. The average molecular weight is 419 g/mol. The van der Waals surface area contributed by atoms with Crippen LogP contribution >= 0.6 is 0 Å². The van der Waals surface area contributed by atoms with Gasteiger partial charge in [-0.1, -0.05) is 12.1 Å². The van der Waals surface area contributed by atoms with E-state index in [1.54, 1.807) is 7.11 Å². The van der Waals surface area contributed by atoms with E-state index in [-0.39, 0.29) is 0 Å². The van der Waals surface area contributed by atoms with Gasteiger partial charge in [0.1, 0.15) is 11.4 Å². The Morgan fingerprint density at radius 3 is 2.53 bits per heavy atom. The van der Waals surface area contributed by atoms with Crippen molar-refractivity contribution in [1.82, 2.24) is 19.7 Å². The number of hydrogen-bond acceptors (Lipinski definition) is 5. The van der Waals surface area contributed by atoms with Gasteiger partial charge in [0.2, 0.25) is 0 Å². The first-order valence-corrected chi connectivity index (χ1v) is 10.4. The van der Waals surface area contributed by atoms with Crippen LogP contribution in [-0.2, 0) is 19.9 Å². The Hall–Kier alpha value is -4.24. The van der Waals surface area contributed by atoms with Gasteiger partial charge in [-0.25, -0.2) is 0 Å². The van der Waals surface area contributed by atoms with Gasteiger partial charge in [0.05, 0.1) is 36.0 Å². The lowest BCUT2D eigenvalue weighted by molar-refractivity contribution is 0.410. The molecule has 0 aliphatic carbocycles. The Morgan fingerprint density at radius 2 is 1.81 bits per heavy atom. The number of hydrogen-bond donors (Lipinski definition) is 0. The normalized spacial score (nSPS) is 11.0. The Balaban J connectivity index is 1.68. The highest BCUT2D eigenvalue weighted by Crippen LogP contribution is 2.36. The van der Waals surface area contributed by atoms with E-state index in [9.17, 15) is 0 Å². The highest BCUT2D eigenvalue weighted by atomic mass is 16.5. The summed E-state index contributed by atoms with van der Waals surface area (Å²) in [6.07, 6.45) is 7.23. The van der Waals surface area contributed by atoms with Crippen molar-refractivity contribution < 1.29 is 4.74 Å². The lowest BCUT2D eigenvalue weighted by atomic mass is 9.98. The van der Waals surface area contributed by atoms with Crippen molar-refractivity contribution in [1.29, 1.82) is 5.26 Å². The van der Waals surface area contributed by atoms with Crippen molar-refractivity contribution in [3.8, 4) is 23.1 Å². The summed E-state index contributed by atoms with van der Waals surface area (Å²) in [4.78, 5) is 8.78. The minimum Gasteiger partial charge on any atom is -0.496 e. The number of nitriles is 1. The number of fused-ring (bicyclic) bond motifs is 3. The number of ether oxygens (including phenoxy) is 1. The van der Waals surface area contributed by atoms with Gasteiger partial charge >= 0.3 is 0 Å². The van der Waals surface area contributed by atoms with Crippen LogP contribution in [0.25, 0.3) is 33.1 Å². The van der Waals surface area contributed by atoms with Gasteiger partial charge < -0.3 is 4.74 Å². The molecule has 3 aromatic heterocycles. The van der Waals surface area contributed by atoms with Gasteiger partial charge in [0.25, 0.3) is 0 Å². The molecule has 0 saturated carbocycles. The van der Waals surface area contributed by atoms with Crippen molar-refractivity contribution in [3.63, 3.8) is 0 Å². The molecule has 5 rings (SSSR count). The first-order valence-electron chi connectivity index (χ1n) is 10.4. The third-order valence-corrected chi connectivity index (χ3v) is 5.81. The fraction of sp³-hybridized carbons (Fsp3) is 0.154. The third kappa shape index (κ3) is 3.44. The monoisotopic (exact) mass is 419 g/mol. The average Bonchev–Trinajstić information content (AvgIpc) is 3.19. The lowest BCUT2D eigenvalue weighted by Gasteiger charge is -2.11. The molecule has 6 heteroatoms. The van der Waals surface area contributed by atoms with Crippen LogP contribution in [0.1, 0.15) is 16.7 Å². The molecule has 3 heterocycles. The summed E-state index contributed by atoms with van der Waals surface area (Å²) < 4.78 is 7.55. The quantitative estimate of drug-likeness (QED) is 0.407. The SMILES string of the molecule is COc1cc2ncc3c(c(-c4ccc(C#N)cc4)nn3C)c2cc1CCc1ccncc1. The second-order valence-electron chi connectivity index (χ2n) is 7.72. The van der Waals surface area contributed by atoms with Crippen LogP contribution in [0, 0.1) is 11.3 Å². The molecule has 0 aliphatic heterocycles. The molecule has 32 heavy (non-hydrogen) atoms. The predicted molar refractivity (Wildman–Crippen MR) is 124 cm³/mol. The van der Waals surface area contributed by atoms with Crippen molar-refractivity contribution in [2.24, 2.45) is 7.05 Å². The maximum Gasteiger partial charge on any atom is 0.124 e. The Bertz CT molecular complexity index is 1460. The standard InChI is InChI=1S/C26H21N5O/c1-31-23-16-29-22-14-24(32-2)20(8-3-17-9-11-28-12-10-17)13-21(22)25(23)26(30-31)19-6-4-18(15-27)5-7-19/h4-7,9-14,16H,3,8H2,1-2H3. The molecule has 0 saturated heterocycles. The zero-order chi connectivity index (χ0) is 22.1.